The molecule has 7 nitrogen and oxygen atoms in total. The van der Waals surface area contributed by atoms with Gasteiger partial charge < -0.3 is 30.6 Å². The number of anilines is 2. The van der Waals surface area contributed by atoms with Crippen LogP contribution in [0.3, 0.4) is 0 Å². The van der Waals surface area contributed by atoms with Gasteiger partial charge in [-0.05, 0) is 31.2 Å². The van der Waals surface area contributed by atoms with Crippen LogP contribution in [-0.2, 0) is 0 Å². The molecule has 0 aliphatic carbocycles. The predicted molar refractivity (Wildman–Crippen MR) is 110 cm³/mol. The van der Waals surface area contributed by atoms with E-state index >= 15 is 0 Å². The van der Waals surface area contributed by atoms with Crippen molar-refractivity contribution in [2.75, 3.05) is 23.8 Å². The molecule has 0 unspecified atom stereocenters. The Bertz CT molecular complexity index is 1200. The summed E-state index contributed by atoms with van der Waals surface area (Å²) in [7, 11) is 0. The number of amides is 2. The molecule has 0 aliphatic heterocycles. The largest absolute Gasteiger partial charge is 0.455 e. The number of aryl methyl sites for hydroxylation is 1. The Labute approximate surface area is 188 Å². The number of furan rings is 1. The third kappa shape index (κ3) is 5.72. The lowest BCUT2D eigenvalue weighted by Gasteiger charge is -2.21. The minimum atomic E-state index is -5.08. The highest BCUT2D eigenvalue weighted by Crippen LogP contribution is 2.39. The second kappa shape index (κ2) is 9.81. The average Bonchev–Trinajstić information content (AvgIpc) is 3.05. The summed E-state index contributed by atoms with van der Waals surface area (Å²) >= 11 is 0. The van der Waals surface area contributed by atoms with Crippen LogP contribution in [0.15, 0.2) is 34.7 Å². The number of hydrogen-bond acceptors (Lipinski definition) is 5. The second-order valence-electron chi connectivity index (χ2n) is 7.37. The molecule has 0 aliphatic rings. The van der Waals surface area contributed by atoms with Crippen LogP contribution in [0.5, 0.6) is 0 Å². The van der Waals surface area contributed by atoms with Gasteiger partial charge in [0.1, 0.15) is 17.4 Å². The van der Waals surface area contributed by atoms with Crippen LogP contribution >= 0.6 is 0 Å². The van der Waals surface area contributed by atoms with Crippen molar-refractivity contribution in [3.63, 3.8) is 0 Å². The Kier molecular flexibility index (Phi) is 7.26. The van der Waals surface area contributed by atoms with Crippen molar-refractivity contribution < 1.29 is 45.8 Å². The van der Waals surface area contributed by atoms with Crippen molar-refractivity contribution in [1.29, 1.82) is 0 Å². The van der Waals surface area contributed by atoms with E-state index in [0.717, 1.165) is 25.1 Å². The molecule has 3 rings (SSSR count). The van der Waals surface area contributed by atoms with Gasteiger partial charge in [-0.15, -0.1) is 0 Å². The van der Waals surface area contributed by atoms with E-state index in [9.17, 15) is 36.2 Å². The van der Waals surface area contributed by atoms with Crippen LogP contribution in [0.1, 0.15) is 17.4 Å². The fourth-order valence-electron chi connectivity index (χ4n) is 3.20. The maximum Gasteiger partial charge on any atom is 0.416 e. The SMILES string of the molecule is Cc1c([C@H](NC(=O)Nc2cc(F)cc(NC[C@@H](O)CO)c2)C(F)(F)F)oc2c(F)cc(F)cc12. The first-order valence-electron chi connectivity index (χ1n) is 9.74. The highest BCUT2D eigenvalue weighted by atomic mass is 19.4. The van der Waals surface area contributed by atoms with Gasteiger partial charge in [0.15, 0.2) is 17.4 Å². The number of alkyl halides is 3. The second-order valence-corrected chi connectivity index (χ2v) is 7.37. The molecule has 1 heterocycles. The van der Waals surface area contributed by atoms with Crippen molar-refractivity contribution >= 4 is 28.4 Å². The highest BCUT2D eigenvalue weighted by Gasteiger charge is 2.45. The smallest absolute Gasteiger partial charge is 0.416 e. The molecule has 0 radical (unpaired) electrons. The van der Waals surface area contributed by atoms with Gasteiger partial charge in [-0.3, -0.25) is 0 Å². The van der Waals surface area contributed by atoms with Crippen LogP contribution in [0.2, 0.25) is 0 Å². The van der Waals surface area contributed by atoms with E-state index < -0.39 is 59.8 Å². The summed E-state index contributed by atoms with van der Waals surface area (Å²) in [5, 5.41) is 24.2. The van der Waals surface area contributed by atoms with E-state index in [4.69, 9.17) is 9.52 Å². The van der Waals surface area contributed by atoms with Gasteiger partial charge in [0.25, 0.3) is 0 Å². The van der Waals surface area contributed by atoms with E-state index in [1.54, 1.807) is 5.32 Å². The normalized spacial score (nSPS) is 13.6. The van der Waals surface area contributed by atoms with Crippen LogP contribution < -0.4 is 16.0 Å². The Balaban J connectivity index is 1.84. The summed E-state index contributed by atoms with van der Waals surface area (Å²) in [6.45, 7) is 0.431. The summed E-state index contributed by atoms with van der Waals surface area (Å²) < 4.78 is 87.6. The molecule has 0 bridgehead atoms. The maximum absolute atomic E-state index is 14.0. The number of fused-ring (bicyclic) bond motifs is 1. The van der Waals surface area contributed by atoms with E-state index in [1.807, 2.05) is 0 Å². The maximum atomic E-state index is 14.0. The van der Waals surface area contributed by atoms with Crippen molar-refractivity contribution in [1.82, 2.24) is 5.32 Å². The van der Waals surface area contributed by atoms with Gasteiger partial charge in [-0.25, -0.2) is 18.0 Å². The fraction of sp³-hybridized carbons (Fsp3) is 0.286. The number of halogens is 6. The van der Waals surface area contributed by atoms with Gasteiger partial charge >= 0.3 is 12.2 Å². The standard InChI is InChI=1S/C21H19F6N3O4/c1-9-15-4-11(23)5-16(24)18(15)34-17(9)19(21(25,26)27)30-20(33)29-13-3-10(22)2-12(6-13)28-7-14(32)8-31/h2-6,14,19,28,31-32H,7-8H2,1H3,(H2,29,30,33)/t14-,19+/m1/s1. The summed E-state index contributed by atoms with van der Waals surface area (Å²) in [5.74, 6) is -3.92. The molecule has 0 fully saturated rings. The monoisotopic (exact) mass is 491 g/mol. The zero-order chi connectivity index (χ0) is 25.2. The molecule has 1 aromatic heterocycles. The van der Waals surface area contributed by atoms with Crippen LogP contribution in [-0.4, -0.2) is 41.7 Å². The molecule has 0 spiro atoms. The van der Waals surface area contributed by atoms with Gasteiger partial charge in [-0.1, -0.05) is 0 Å². The molecule has 2 aromatic carbocycles. The summed E-state index contributed by atoms with van der Waals surface area (Å²) in [6, 6.07) is 0.155. The predicted octanol–water partition coefficient (Wildman–Crippen LogP) is 4.35. The molecule has 34 heavy (non-hydrogen) atoms. The first-order chi connectivity index (χ1) is 15.9. The van der Waals surface area contributed by atoms with E-state index in [2.05, 4.69) is 10.6 Å². The number of urea groups is 1. The van der Waals surface area contributed by atoms with E-state index in [0.29, 0.717) is 6.07 Å². The molecule has 2 atom stereocenters. The Hall–Kier alpha value is -3.45. The minimum Gasteiger partial charge on any atom is -0.455 e. The van der Waals surface area contributed by atoms with Gasteiger partial charge in [0.05, 0.1) is 12.7 Å². The molecule has 0 saturated carbocycles. The number of aliphatic hydroxyl groups is 2. The van der Waals surface area contributed by atoms with Crippen molar-refractivity contribution in [2.45, 2.75) is 25.2 Å². The lowest BCUT2D eigenvalue weighted by molar-refractivity contribution is -0.158. The minimum absolute atomic E-state index is 0.0702. The van der Waals surface area contributed by atoms with Crippen molar-refractivity contribution in [2.24, 2.45) is 0 Å². The van der Waals surface area contributed by atoms with E-state index in [-0.39, 0.29) is 28.9 Å². The van der Waals surface area contributed by atoms with Crippen LogP contribution in [0.25, 0.3) is 11.0 Å². The molecular weight excluding hydrogens is 472 g/mol. The van der Waals surface area contributed by atoms with Gasteiger partial charge in [0, 0.05) is 34.9 Å². The number of rotatable bonds is 7. The molecule has 13 heteroatoms. The summed E-state index contributed by atoms with van der Waals surface area (Å²) in [4.78, 5) is 12.3. The van der Waals surface area contributed by atoms with Crippen molar-refractivity contribution in [3.05, 3.63) is 59.1 Å². The number of carbonyl (C=O) groups excluding carboxylic acids is 1. The Morgan fingerprint density at radius 2 is 1.71 bits per heavy atom. The Morgan fingerprint density at radius 1 is 1.06 bits per heavy atom. The zero-order valence-electron chi connectivity index (χ0n) is 17.4. The Morgan fingerprint density at radius 3 is 2.35 bits per heavy atom. The third-order valence-electron chi connectivity index (χ3n) is 4.77. The molecule has 5 N–H and O–H groups in total. The lowest BCUT2D eigenvalue weighted by atomic mass is 10.1. The lowest BCUT2D eigenvalue weighted by Crippen LogP contribution is -2.40. The third-order valence-corrected chi connectivity index (χ3v) is 4.77. The molecule has 0 saturated heterocycles. The molecule has 2 amide bonds. The summed E-state index contributed by atoms with van der Waals surface area (Å²) in [5.41, 5.74) is -0.985. The fourth-order valence-corrected chi connectivity index (χ4v) is 3.20. The number of carbonyl (C=O) groups is 1. The van der Waals surface area contributed by atoms with Gasteiger partial charge in [-0.2, -0.15) is 13.2 Å². The molecule has 184 valence electrons. The highest BCUT2D eigenvalue weighted by molar-refractivity contribution is 5.90. The first-order valence-corrected chi connectivity index (χ1v) is 9.74. The first kappa shape index (κ1) is 25.2. The number of nitrogens with one attached hydrogen (secondary N) is 3. The number of hydrogen-bond donors (Lipinski definition) is 5. The number of aliphatic hydroxyl groups excluding tert-OH is 2. The quantitative estimate of drug-likeness (QED) is 0.316. The average molecular weight is 491 g/mol. The van der Waals surface area contributed by atoms with Gasteiger partial charge in [0.2, 0.25) is 0 Å². The number of benzene rings is 2. The zero-order valence-corrected chi connectivity index (χ0v) is 17.4. The van der Waals surface area contributed by atoms with Crippen molar-refractivity contribution in [3.8, 4) is 0 Å². The molecule has 3 aromatic rings. The topological polar surface area (TPSA) is 107 Å². The van der Waals surface area contributed by atoms with Crippen LogP contribution in [0.4, 0.5) is 42.5 Å². The van der Waals surface area contributed by atoms with Crippen LogP contribution in [0, 0.1) is 24.4 Å². The van der Waals surface area contributed by atoms with E-state index in [1.165, 1.54) is 6.07 Å². The molecular formula is C21H19F6N3O4. The summed E-state index contributed by atoms with van der Waals surface area (Å²) in [6.07, 6.45) is -6.24.